The predicted molar refractivity (Wildman–Crippen MR) is 75.4 cm³/mol. The lowest BCUT2D eigenvalue weighted by atomic mass is 9.84. The highest BCUT2D eigenvalue weighted by Crippen LogP contribution is 2.32. The molecule has 4 rings (SSSR count). The number of fused-ring (bicyclic) bond motifs is 4. The van der Waals surface area contributed by atoms with Gasteiger partial charge in [-0.2, -0.15) is 0 Å². The van der Waals surface area contributed by atoms with E-state index in [-0.39, 0.29) is 5.56 Å². The molecule has 20 heavy (non-hydrogen) atoms. The van der Waals surface area contributed by atoms with Crippen molar-refractivity contribution < 1.29 is 0 Å². The van der Waals surface area contributed by atoms with E-state index in [2.05, 4.69) is 21.4 Å². The predicted octanol–water partition coefficient (Wildman–Crippen LogP) is 1.01. The monoisotopic (exact) mass is 268 g/mol. The van der Waals surface area contributed by atoms with Gasteiger partial charge in [0.15, 0.2) is 0 Å². The summed E-state index contributed by atoms with van der Waals surface area (Å²) >= 11 is 0. The fourth-order valence-corrected chi connectivity index (χ4v) is 3.45. The Hall–Kier alpha value is -2.01. The first-order valence-electron chi connectivity index (χ1n) is 7.03. The van der Waals surface area contributed by atoms with Crippen molar-refractivity contribution in [1.82, 2.24) is 19.9 Å². The third-order valence-corrected chi connectivity index (χ3v) is 4.38. The van der Waals surface area contributed by atoms with Crippen LogP contribution in [0.5, 0.6) is 0 Å². The molecule has 2 aromatic heterocycles. The van der Waals surface area contributed by atoms with Gasteiger partial charge in [-0.05, 0) is 31.0 Å². The van der Waals surface area contributed by atoms with Crippen LogP contribution in [-0.4, -0.2) is 27.6 Å². The molecule has 5 heteroatoms. The summed E-state index contributed by atoms with van der Waals surface area (Å²) in [6.45, 7) is 2.81. The van der Waals surface area contributed by atoms with E-state index in [1.54, 1.807) is 12.4 Å². The van der Waals surface area contributed by atoms with Gasteiger partial charge in [-0.25, -0.2) is 9.97 Å². The summed E-state index contributed by atoms with van der Waals surface area (Å²) in [4.78, 5) is 20.7. The van der Waals surface area contributed by atoms with Crippen LogP contribution in [-0.2, 0) is 6.54 Å². The molecule has 0 amide bonds. The van der Waals surface area contributed by atoms with Crippen molar-refractivity contribution in [2.24, 2.45) is 5.92 Å². The molecule has 0 spiro atoms. The standard InChI is InChI=1S/C15H16N4O/c20-15-13(12-6-17-9-18-7-12)1-2-14-11-3-10(4-16-5-11)8-19(14)15/h1-2,6-7,9-11,16H,3-5,8H2/t10-,11+/m0/s1. The van der Waals surface area contributed by atoms with Gasteiger partial charge in [-0.15, -0.1) is 0 Å². The van der Waals surface area contributed by atoms with Crippen LogP contribution in [0.4, 0.5) is 0 Å². The van der Waals surface area contributed by atoms with Crippen molar-refractivity contribution >= 4 is 0 Å². The molecule has 4 heterocycles. The average molecular weight is 268 g/mol. The first kappa shape index (κ1) is 11.8. The molecule has 0 unspecified atom stereocenters. The zero-order valence-corrected chi connectivity index (χ0v) is 11.1. The van der Waals surface area contributed by atoms with E-state index in [4.69, 9.17) is 0 Å². The van der Waals surface area contributed by atoms with Gasteiger partial charge >= 0.3 is 0 Å². The minimum Gasteiger partial charge on any atom is -0.316 e. The fraction of sp³-hybridized carbons (Fsp3) is 0.400. The highest BCUT2D eigenvalue weighted by molar-refractivity contribution is 5.60. The minimum absolute atomic E-state index is 0.0916. The zero-order valence-electron chi connectivity index (χ0n) is 11.1. The molecule has 2 atom stereocenters. The molecule has 102 valence electrons. The summed E-state index contributed by atoms with van der Waals surface area (Å²) in [5, 5.41) is 3.46. The molecule has 2 aliphatic heterocycles. The largest absolute Gasteiger partial charge is 0.316 e. The molecule has 5 nitrogen and oxygen atoms in total. The second kappa shape index (κ2) is 4.52. The maximum atomic E-state index is 12.7. The molecule has 0 aromatic carbocycles. The van der Waals surface area contributed by atoms with Crippen molar-refractivity contribution in [3.8, 4) is 11.1 Å². The van der Waals surface area contributed by atoms with Crippen LogP contribution in [0, 0.1) is 5.92 Å². The minimum atomic E-state index is 0.0916. The van der Waals surface area contributed by atoms with Crippen molar-refractivity contribution in [2.75, 3.05) is 13.1 Å². The van der Waals surface area contributed by atoms with E-state index in [1.807, 2.05) is 10.6 Å². The molecule has 2 aliphatic rings. The molecule has 1 N–H and O–H groups in total. The Morgan fingerprint density at radius 2 is 2.05 bits per heavy atom. The second-order valence-electron chi connectivity index (χ2n) is 5.67. The third-order valence-electron chi connectivity index (χ3n) is 4.38. The maximum absolute atomic E-state index is 12.7. The van der Waals surface area contributed by atoms with E-state index in [1.165, 1.54) is 18.4 Å². The lowest BCUT2D eigenvalue weighted by Gasteiger charge is -2.37. The average Bonchev–Trinajstić information content (AvgIpc) is 2.50. The third kappa shape index (κ3) is 1.78. The van der Waals surface area contributed by atoms with Crippen LogP contribution in [0.3, 0.4) is 0 Å². The molecular weight excluding hydrogens is 252 g/mol. The number of nitrogens with zero attached hydrogens (tertiary/aromatic N) is 3. The second-order valence-corrected chi connectivity index (χ2v) is 5.67. The Kier molecular flexibility index (Phi) is 2.67. The molecule has 1 fully saturated rings. The van der Waals surface area contributed by atoms with Gasteiger partial charge in [-0.1, -0.05) is 0 Å². The van der Waals surface area contributed by atoms with Gasteiger partial charge < -0.3 is 9.88 Å². The molecule has 1 saturated heterocycles. The summed E-state index contributed by atoms with van der Waals surface area (Å²) in [7, 11) is 0. The summed E-state index contributed by atoms with van der Waals surface area (Å²) in [5.74, 6) is 1.04. The van der Waals surface area contributed by atoms with Crippen LogP contribution in [0.15, 0.2) is 35.6 Å². The number of hydrogen-bond acceptors (Lipinski definition) is 4. The van der Waals surface area contributed by atoms with Crippen molar-refractivity contribution in [1.29, 1.82) is 0 Å². The number of nitrogens with one attached hydrogen (secondary N) is 1. The molecule has 0 aliphatic carbocycles. The lowest BCUT2D eigenvalue weighted by molar-refractivity contribution is 0.257. The topological polar surface area (TPSA) is 59.8 Å². The van der Waals surface area contributed by atoms with Crippen LogP contribution < -0.4 is 10.9 Å². The van der Waals surface area contributed by atoms with Crippen LogP contribution in [0.25, 0.3) is 11.1 Å². The molecule has 0 radical (unpaired) electrons. The van der Waals surface area contributed by atoms with Gasteiger partial charge in [0, 0.05) is 42.7 Å². The Balaban J connectivity index is 1.86. The van der Waals surface area contributed by atoms with Crippen molar-refractivity contribution in [3.05, 3.63) is 46.9 Å². The normalized spacial score (nSPS) is 24.2. The van der Waals surface area contributed by atoms with E-state index >= 15 is 0 Å². The first-order chi connectivity index (χ1) is 9.83. The summed E-state index contributed by atoms with van der Waals surface area (Å²) in [6.07, 6.45) is 6.07. The van der Waals surface area contributed by atoms with E-state index < -0.39 is 0 Å². The van der Waals surface area contributed by atoms with Gasteiger partial charge in [0.25, 0.3) is 5.56 Å². The van der Waals surface area contributed by atoms with Crippen LogP contribution in [0.2, 0.25) is 0 Å². The fourth-order valence-electron chi connectivity index (χ4n) is 3.45. The van der Waals surface area contributed by atoms with Crippen LogP contribution >= 0.6 is 0 Å². The number of piperidine rings is 1. The molecule has 0 saturated carbocycles. The molecular formula is C15H16N4O. The number of hydrogen-bond donors (Lipinski definition) is 1. The SMILES string of the molecule is O=c1c(-c2cncnc2)ccc2n1C[C@@H]1CNC[C@H]2C1. The summed E-state index contributed by atoms with van der Waals surface area (Å²) in [6, 6.07) is 4.01. The Morgan fingerprint density at radius 3 is 2.90 bits per heavy atom. The maximum Gasteiger partial charge on any atom is 0.258 e. The van der Waals surface area contributed by atoms with Crippen LogP contribution in [0.1, 0.15) is 18.0 Å². The molecule has 2 aromatic rings. The Bertz CT molecular complexity index is 695. The van der Waals surface area contributed by atoms with E-state index in [0.717, 1.165) is 25.2 Å². The van der Waals surface area contributed by atoms with Crippen molar-refractivity contribution in [2.45, 2.75) is 18.9 Å². The van der Waals surface area contributed by atoms with E-state index in [9.17, 15) is 4.79 Å². The Morgan fingerprint density at radius 1 is 1.20 bits per heavy atom. The van der Waals surface area contributed by atoms with E-state index in [0.29, 0.717) is 17.4 Å². The number of aromatic nitrogens is 3. The zero-order chi connectivity index (χ0) is 13.5. The highest BCUT2D eigenvalue weighted by Gasteiger charge is 2.31. The van der Waals surface area contributed by atoms with Gasteiger partial charge in [0.05, 0.1) is 5.56 Å². The number of rotatable bonds is 1. The van der Waals surface area contributed by atoms with Gasteiger partial charge in [0.2, 0.25) is 0 Å². The van der Waals surface area contributed by atoms with Crippen molar-refractivity contribution in [3.63, 3.8) is 0 Å². The number of pyridine rings is 1. The highest BCUT2D eigenvalue weighted by atomic mass is 16.1. The molecule has 2 bridgehead atoms. The quantitative estimate of drug-likeness (QED) is 0.838. The van der Waals surface area contributed by atoms with Gasteiger partial charge in [-0.3, -0.25) is 4.79 Å². The first-order valence-corrected chi connectivity index (χ1v) is 7.03. The van der Waals surface area contributed by atoms with Gasteiger partial charge in [0.1, 0.15) is 6.33 Å². The summed E-state index contributed by atoms with van der Waals surface area (Å²) < 4.78 is 1.96. The summed E-state index contributed by atoms with van der Waals surface area (Å²) in [5.41, 5.74) is 2.75. The Labute approximate surface area is 116 Å². The lowest BCUT2D eigenvalue weighted by Crippen LogP contribution is -2.45. The smallest absolute Gasteiger partial charge is 0.258 e.